The first-order valence-electron chi connectivity index (χ1n) is 11.6. The molecule has 0 radical (unpaired) electrons. The average molecular weight is 451 g/mol. The molecule has 2 fully saturated rings. The summed E-state index contributed by atoms with van der Waals surface area (Å²) in [6, 6.07) is 11.5. The van der Waals surface area contributed by atoms with Crippen LogP contribution in [0.4, 0.5) is 4.39 Å². The molecule has 1 aliphatic heterocycles. The number of nitrogens with zero attached hydrogens (tertiary/aromatic N) is 1. The molecule has 1 saturated heterocycles. The second kappa shape index (κ2) is 7.87. The van der Waals surface area contributed by atoms with Crippen LogP contribution in [0.1, 0.15) is 65.7 Å². The van der Waals surface area contributed by atoms with Crippen molar-refractivity contribution in [2.75, 3.05) is 13.7 Å². The molecular formula is C27H31FN2O3. The van der Waals surface area contributed by atoms with Gasteiger partial charge in [-0.15, -0.1) is 0 Å². The standard InChI is InChI=1S/C27H31FN2O3/c1-17-12-23(33-3)21(20-8-10-29-24(17)20)14-30-11-9-27(15-26(2,28)16-27)13-22(30)18-4-6-19(7-5-18)25(31)32/h4-8,10,12,22,29H,9,11,13-16H2,1-3H3,(H,31,32). The minimum Gasteiger partial charge on any atom is -0.496 e. The molecule has 33 heavy (non-hydrogen) atoms. The molecule has 0 amide bonds. The number of aromatic nitrogens is 1. The van der Waals surface area contributed by atoms with E-state index in [0.717, 1.165) is 52.7 Å². The molecule has 1 saturated carbocycles. The Hall–Kier alpha value is -2.86. The van der Waals surface area contributed by atoms with Crippen LogP contribution in [0.15, 0.2) is 42.6 Å². The average Bonchev–Trinajstić information content (AvgIpc) is 3.26. The first kappa shape index (κ1) is 22.0. The van der Waals surface area contributed by atoms with E-state index in [1.165, 1.54) is 0 Å². The summed E-state index contributed by atoms with van der Waals surface area (Å²) < 4.78 is 20.3. The zero-order chi connectivity index (χ0) is 23.4. The molecule has 174 valence electrons. The van der Waals surface area contributed by atoms with Gasteiger partial charge in [-0.1, -0.05) is 12.1 Å². The second-order valence-corrected chi connectivity index (χ2v) is 10.3. The Kier molecular flexibility index (Phi) is 5.24. The molecule has 1 atom stereocenters. The van der Waals surface area contributed by atoms with E-state index in [2.05, 4.69) is 28.9 Å². The molecule has 1 unspecified atom stereocenters. The number of halogens is 1. The van der Waals surface area contributed by atoms with Crippen molar-refractivity contribution in [1.29, 1.82) is 0 Å². The maximum absolute atomic E-state index is 14.5. The summed E-state index contributed by atoms with van der Waals surface area (Å²) in [6.07, 6.45) is 5.02. The topological polar surface area (TPSA) is 65.6 Å². The Morgan fingerprint density at radius 3 is 2.64 bits per heavy atom. The van der Waals surface area contributed by atoms with Crippen LogP contribution >= 0.6 is 0 Å². The third-order valence-electron chi connectivity index (χ3n) is 7.72. The molecule has 2 aliphatic rings. The predicted octanol–water partition coefficient (Wildman–Crippen LogP) is 6.03. The fourth-order valence-corrected chi connectivity index (χ4v) is 6.36. The van der Waals surface area contributed by atoms with Crippen molar-refractivity contribution in [3.8, 4) is 5.75 Å². The van der Waals surface area contributed by atoms with E-state index in [1.807, 2.05) is 18.3 Å². The van der Waals surface area contributed by atoms with E-state index in [4.69, 9.17) is 4.74 Å². The van der Waals surface area contributed by atoms with Crippen molar-refractivity contribution < 1.29 is 19.0 Å². The van der Waals surface area contributed by atoms with E-state index < -0.39 is 11.6 Å². The van der Waals surface area contributed by atoms with Gasteiger partial charge in [-0.3, -0.25) is 4.90 Å². The lowest BCUT2D eigenvalue weighted by molar-refractivity contribution is -0.106. The molecule has 1 aliphatic carbocycles. The first-order chi connectivity index (χ1) is 15.7. The second-order valence-electron chi connectivity index (χ2n) is 10.3. The van der Waals surface area contributed by atoms with Crippen LogP contribution in [0.2, 0.25) is 0 Å². The van der Waals surface area contributed by atoms with Gasteiger partial charge in [-0.25, -0.2) is 9.18 Å². The fourth-order valence-electron chi connectivity index (χ4n) is 6.36. The molecular weight excluding hydrogens is 419 g/mol. The van der Waals surface area contributed by atoms with Crippen molar-refractivity contribution in [3.63, 3.8) is 0 Å². The monoisotopic (exact) mass is 450 g/mol. The van der Waals surface area contributed by atoms with Gasteiger partial charge in [0.1, 0.15) is 11.4 Å². The SMILES string of the molecule is COc1cc(C)c2[nH]ccc2c1CN1CCC2(CC1c1ccc(C(=O)O)cc1)CC(C)(F)C2. The van der Waals surface area contributed by atoms with Crippen LogP contribution in [0, 0.1) is 12.3 Å². The molecule has 2 N–H and O–H groups in total. The van der Waals surface area contributed by atoms with Gasteiger partial charge in [0, 0.05) is 35.2 Å². The highest BCUT2D eigenvalue weighted by Gasteiger charge is 2.55. The zero-order valence-electron chi connectivity index (χ0n) is 19.5. The van der Waals surface area contributed by atoms with E-state index in [0.29, 0.717) is 19.4 Å². The normalized spacial score (nSPS) is 27.6. The van der Waals surface area contributed by atoms with Crippen molar-refractivity contribution >= 4 is 16.9 Å². The number of likely N-dealkylation sites (tertiary alicyclic amines) is 1. The number of aryl methyl sites for hydroxylation is 1. The molecule has 2 heterocycles. The number of carboxylic acids is 1. The van der Waals surface area contributed by atoms with Crippen LogP contribution in [0.25, 0.3) is 10.9 Å². The smallest absolute Gasteiger partial charge is 0.335 e. The number of aromatic carboxylic acids is 1. The van der Waals surface area contributed by atoms with Crippen LogP contribution < -0.4 is 4.74 Å². The lowest BCUT2D eigenvalue weighted by atomic mass is 9.55. The van der Waals surface area contributed by atoms with Crippen LogP contribution in [-0.4, -0.2) is 40.3 Å². The number of alkyl halides is 1. The van der Waals surface area contributed by atoms with E-state index >= 15 is 0 Å². The Morgan fingerprint density at radius 1 is 1.27 bits per heavy atom. The third kappa shape index (κ3) is 3.90. The molecule has 1 spiro atoms. The highest BCUT2D eigenvalue weighted by atomic mass is 19.1. The molecule has 2 aromatic carbocycles. The minimum absolute atomic E-state index is 0.0247. The maximum atomic E-state index is 14.5. The van der Waals surface area contributed by atoms with Gasteiger partial charge in [0.25, 0.3) is 0 Å². The van der Waals surface area contributed by atoms with Gasteiger partial charge in [0.15, 0.2) is 0 Å². The number of carboxylic acid groups (broad SMARTS) is 1. The van der Waals surface area contributed by atoms with Crippen LogP contribution in [-0.2, 0) is 6.54 Å². The zero-order valence-corrected chi connectivity index (χ0v) is 19.5. The number of methoxy groups -OCH3 is 1. The number of benzene rings is 2. The number of hydrogen-bond donors (Lipinski definition) is 2. The van der Waals surface area contributed by atoms with Crippen molar-refractivity contribution in [1.82, 2.24) is 9.88 Å². The Bertz CT molecular complexity index is 1190. The van der Waals surface area contributed by atoms with Crippen LogP contribution in [0.3, 0.4) is 0 Å². The summed E-state index contributed by atoms with van der Waals surface area (Å²) in [7, 11) is 1.71. The minimum atomic E-state index is -1.07. The number of carbonyl (C=O) groups is 1. The molecule has 0 bridgehead atoms. The summed E-state index contributed by atoms with van der Waals surface area (Å²) in [5.74, 6) is -0.0511. The fraction of sp³-hybridized carbons (Fsp3) is 0.444. The first-order valence-corrected chi connectivity index (χ1v) is 11.6. The molecule has 6 heteroatoms. The molecule has 3 aromatic rings. The molecule has 5 rings (SSSR count). The summed E-state index contributed by atoms with van der Waals surface area (Å²) >= 11 is 0. The van der Waals surface area contributed by atoms with E-state index in [-0.39, 0.29) is 17.0 Å². The summed E-state index contributed by atoms with van der Waals surface area (Å²) in [6.45, 7) is 5.37. The van der Waals surface area contributed by atoms with Crippen molar-refractivity contribution in [2.24, 2.45) is 5.41 Å². The number of ether oxygens (including phenoxy) is 1. The summed E-state index contributed by atoms with van der Waals surface area (Å²) in [5, 5.41) is 10.5. The lowest BCUT2D eigenvalue weighted by Crippen LogP contribution is -2.53. The summed E-state index contributed by atoms with van der Waals surface area (Å²) in [4.78, 5) is 17.2. The Labute approximate surface area is 193 Å². The highest BCUT2D eigenvalue weighted by Crippen LogP contribution is 2.60. The largest absolute Gasteiger partial charge is 0.496 e. The molecule has 1 aromatic heterocycles. The maximum Gasteiger partial charge on any atom is 0.335 e. The van der Waals surface area contributed by atoms with Gasteiger partial charge in [-0.05, 0) is 86.9 Å². The summed E-state index contributed by atoms with van der Waals surface area (Å²) in [5.41, 5.74) is 3.73. The van der Waals surface area contributed by atoms with Gasteiger partial charge in [0.2, 0.25) is 0 Å². The Morgan fingerprint density at radius 2 is 2.00 bits per heavy atom. The quantitative estimate of drug-likeness (QED) is 0.498. The van der Waals surface area contributed by atoms with Gasteiger partial charge >= 0.3 is 5.97 Å². The van der Waals surface area contributed by atoms with E-state index in [9.17, 15) is 14.3 Å². The number of fused-ring (bicyclic) bond motifs is 1. The van der Waals surface area contributed by atoms with Crippen molar-refractivity contribution in [3.05, 3.63) is 64.8 Å². The predicted molar refractivity (Wildman–Crippen MR) is 127 cm³/mol. The number of piperidine rings is 1. The highest BCUT2D eigenvalue weighted by molar-refractivity contribution is 5.88. The Balaban J connectivity index is 1.50. The van der Waals surface area contributed by atoms with Crippen LogP contribution in [0.5, 0.6) is 5.75 Å². The third-order valence-corrected chi connectivity index (χ3v) is 7.72. The van der Waals surface area contributed by atoms with E-state index in [1.54, 1.807) is 26.2 Å². The number of aromatic amines is 1. The number of H-pyrrole nitrogens is 1. The number of nitrogens with one attached hydrogen (secondary N) is 1. The van der Waals surface area contributed by atoms with Gasteiger partial charge in [-0.2, -0.15) is 0 Å². The van der Waals surface area contributed by atoms with Crippen molar-refractivity contribution in [2.45, 2.75) is 57.8 Å². The van der Waals surface area contributed by atoms with Gasteiger partial charge < -0.3 is 14.8 Å². The number of hydrogen-bond acceptors (Lipinski definition) is 3. The molecule has 5 nitrogen and oxygen atoms in total. The lowest BCUT2D eigenvalue weighted by Gasteiger charge is -2.56. The number of rotatable bonds is 5. The van der Waals surface area contributed by atoms with Gasteiger partial charge in [0.05, 0.1) is 12.7 Å².